The van der Waals surface area contributed by atoms with Crippen molar-refractivity contribution in [2.45, 2.75) is 33.1 Å². The molecule has 0 radical (unpaired) electrons. The van der Waals surface area contributed by atoms with Crippen molar-refractivity contribution >= 4 is 21.8 Å². The molecule has 174 valence electrons. The van der Waals surface area contributed by atoms with E-state index in [1.807, 2.05) is 0 Å². The molecule has 1 N–H and O–H groups in total. The minimum absolute atomic E-state index is 0.0412. The predicted octanol–water partition coefficient (Wildman–Crippen LogP) is 1.62. The molecule has 1 aromatic rings. The second-order valence-electron chi connectivity index (χ2n) is 8.28. The molecule has 31 heavy (non-hydrogen) atoms. The number of amides is 1. The fourth-order valence-electron chi connectivity index (χ4n) is 4.23. The third-order valence-electron chi connectivity index (χ3n) is 6.03. The Morgan fingerprint density at radius 3 is 2.71 bits per heavy atom. The van der Waals surface area contributed by atoms with Gasteiger partial charge in [0.25, 0.3) is 10.2 Å². The standard InChI is InChI=1S/C22H36N4O4S/c1-3-24(21-9-4-7-19(2)17-21)11-6-10-23-22(27)20-8-5-12-26(18-20)31(28,29)25-13-15-30-16-14-25/h4,7,9,17,20H,3,5-6,8,10-16,18H2,1-2H3,(H,23,27)/t20-/m1/s1. The Morgan fingerprint density at radius 2 is 2.00 bits per heavy atom. The van der Waals surface area contributed by atoms with Gasteiger partial charge in [-0.1, -0.05) is 12.1 Å². The number of carbonyl (C=O) groups excluding carboxylic acids is 1. The number of morpholine rings is 1. The Labute approximate surface area is 186 Å². The van der Waals surface area contributed by atoms with Crippen LogP contribution in [0, 0.1) is 12.8 Å². The predicted molar refractivity (Wildman–Crippen MR) is 122 cm³/mol. The average molecular weight is 453 g/mol. The van der Waals surface area contributed by atoms with Crippen molar-refractivity contribution in [2.75, 3.05) is 63.9 Å². The maximum absolute atomic E-state index is 12.9. The zero-order valence-electron chi connectivity index (χ0n) is 18.8. The highest BCUT2D eigenvalue weighted by atomic mass is 32.2. The van der Waals surface area contributed by atoms with Crippen LogP contribution < -0.4 is 10.2 Å². The largest absolute Gasteiger partial charge is 0.379 e. The highest BCUT2D eigenvalue weighted by Crippen LogP contribution is 2.22. The third kappa shape index (κ3) is 6.41. The average Bonchev–Trinajstić information content (AvgIpc) is 2.79. The van der Waals surface area contributed by atoms with Crippen LogP contribution in [0.25, 0.3) is 0 Å². The van der Waals surface area contributed by atoms with Crippen molar-refractivity contribution in [3.05, 3.63) is 29.8 Å². The number of rotatable bonds is 9. The number of nitrogens with zero attached hydrogens (tertiary/aromatic N) is 3. The van der Waals surface area contributed by atoms with Gasteiger partial charge < -0.3 is 15.0 Å². The first-order valence-electron chi connectivity index (χ1n) is 11.3. The zero-order valence-corrected chi connectivity index (χ0v) is 19.6. The molecule has 2 saturated heterocycles. The Morgan fingerprint density at radius 1 is 1.23 bits per heavy atom. The van der Waals surface area contributed by atoms with E-state index in [-0.39, 0.29) is 18.4 Å². The summed E-state index contributed by atoms with van der Waals surface area (Å²) < 4.78 is 34.0. The lowest BCUT2D eigenvalue weighted by Gasteiger charge is -2.36. The smallest absolute Gasteiger partial charge is 0.282 e. The summed E-state index contributed by atoms with van der Waals surface area (Å²) >= 11 is 0. The fraction of sp³-hybridized carbons (Fsp3) is 0.682. The summed E-state index contributed by atoms with van der Waals surface area (Å²) in [6, 6.07) is 8.44. The molecule has 3 rings (SSSR count). The van der Waals surface area contributed by atoms with E-state index >= 15 is 0 Å². The van der Waals surface area contributed by atoms with E-state index in [1.165, 1.54) is 19.9 Å². The molecule has 0 spiro atoms. The van der Waals surface area contributed by atoms with Crippen molar-refractivity contribution in [3.8, 4) is 0 Å². The van der Waals surface area contributed by atoms with E-state index in [0.717, 1.165) is 25.9 Å². The molecule has 1 atom stereocenters. The molecular formula is C22H36N4O4S. The Balaban J connectivity index is 1.45. The van der Waals surface area contributed by atoms with Gasteiger partial charge in [-0.3, -0.25) is 4.79 Å². The molecule has 2 aliphatic rings. The van der Waals surface area contributed by atoms with Crippen molar-refractivity contribution in [2.24, 2.45) is 5.92 Å². The fourth-order valence-corrected chi connectivity index (χ4v) is 5.89. The van der Waals surface area contributed by atoms with E-state index < -0.39 is 10.2 Å². The van der Waals surface area contributed by atoms with Gasteiger partial charge in [0.1, 0.15) is 0 Å². The minimum atomic E-state index is -3.53. The van der Waals surface area contributed by atoms with Crippen LogP contribution in [0.2, 0.25) is 0 Å². The second-order valence-corrected chi connectivity index (χ2v) is 10.2. The molecule has 9 heteroatoms. The molecule has 2 heterocycles. The Bertz CT molecular complexity index is 827. The molecule has 0 bridgehead atoms. The highest BCUT2D eigenvalue weighted by Gasteiger charge is 2.36. The van der Waals surface area contributed by atoms with Crippen LogP contribution in [0.15, 0.2) is 24.3 Å². The topological polar surface area (TPSA) is 82.2 Å². The van der Waals surface area contributed by atoms with Gasteiger partial charge in [0.15, 0.2) is 0 Å². The molecule has 8 nitrogen and oxygen atoms in total. The third-order valence-corrected chi connectivity index (χ3v) is 8.03. The van der Waals surface area contributed by atoms with E-state index in [0.29, 0.717) is 45.8 Å². The number of nitrogens with one attached hydrogen (secondary N) is 1. The van der Waals surface area contributed by atoms with Crippen molar-refractivity contribution < 1.29 is 17.9 Å². The molecule has 0 unspecified atom stereocenters. The lowest BCUT2D eigenvalue weighted by molar-refractivity contribution is -0.126. The Kier molecular flexibility index (Phi) is 8.71. The first-order chi connectivity index (χ1) is 14.9. The van der Waals surface area contributed by atoms with Crippen LogP contribution in [-0.2, 0) is 19.7 Å². The monoisotopic (exact) mass is 452 g/mol. The quantitative estimate of drug-likeness (QED) is 0.576. The summed E-state index contributed by atoms with van der Waals surface area (Å²) in [5.74, 6) is -0.330. The first kappa shape index (κ1) is 24.0. The number of anilines is 1. The summed E-state index contributed by atoms with van der Waals surface area (Å²) in [7, 11) is -3.53. The number of carbonyl (C=O) groups is 1. The normalized spacial score (nSPS) is 21.0. The van der Waals surface area contributed by atoms with Crippen LogP contribution in [0.5, 0.6) is 0 Å². The lowest BCUT2D eigenvalue weighted by Crippen LogP contribution is -2.53. The lowest BCUT2D eigenvalue weighted by atomic mass is 9.99. The van der Waals surface area contributed by atoms with Gasteiger partial charge in [-0.15, -0.1) is 0 Å². The molecule has 0 aliphatic carbocycles. The molecule has 1 amide bonds. The zero-order chi connectivity index (χ0) is 22.3. The van der Waals surface area contributed by atoms with Crippen LogP contribution >= 0.6 is 0 Å². The second kappa shape index (κ2) is 11.3. The Hall–Kier alpha value is -1.68. The van der Waals surface area contributed by atoms with Crippen molar-refractivity contribution in [3.63, 3.8) is 0 Å². The maximum atomic E-state index is 12.9. The number of ether oxygens (including phenoxy) is 1. The van der Waals surface area contributed by atoms with Gasteiger partial charge in [0.2, 0.25) is 5.91 Å². The highest BCUT2D eigenvalue weighted by molar-refractivity contribution is 7.86. The van der Waals surface area contributed by atoms with Gasteiger partial charge in [0.05, 0.1) is 19.1 Å². The van der Waals surface area contributed by atoms with E-state index in [2.05, 4.69) is 48.3 Å². The van der Waals surface area contributed by atoms with Gasteiger partial charge in [-0.05, 0) is 50.8 Å². The van der Waals surface area contributed by atoms with E-state index in [9.17, 15) is 13.2 Å². The molecule has 0 saturated carbocycles. The number of hydrogen-bond acceptors (Lipinski definition) is 5. The van der Waals surface area contributed by atoms with Crippen molar-refractivity contribution in [1.29, 1.82) is 0 Å². The van der Waals surface area contributed by atoms with Crippen molar-refractivity contribution in [1.82, 2.24) is 13.9 Å². The van der Waals surface area contributed by atoms with Crippen LogP contribution in [0.4, 0.5) is 5.69 Å². The van der Waals surface area contributed by atoms with Gasteiger partial charge in [-0.25, -0.2) is 0 Å². The van der Waals surface area contributed by atoms with Crippen LogP contribution in [0.1, 0.15) is 31.7 Å². The van der Waals surface area contributed by atoms with Crippen LogP contribution in [-0.4, -0.2) is 82.0 Å². The number of aryl methyl sites for hydroxylation is 1. The summed E-state index contributed by atoms with van der Waals surface area (Å²) in [4.78, 5) is 15.0. The first-order valence-corrected chi connectivity index (χ1v) is 12.7. The summed E-state index contributed by atoms with van der Waals surface area (Å²) in [6.45, 7) is 8.93. The minimum Gasteiger partial charge on any atom is -0.379 e. The number of benzene rings is 1. The summed E-state index contributed by atoms with van der Waals surface area (Å²) in [5.41, 5.74) is 2.43. The SMILES string of the molecule is CCN(CCCNC(=O)[C@@H]1CCCN(S(=O)(=O)N2CCOCC2)C1)c1cccc(C)c1. The van der Waals surface area contributed by atoms with Gasteiger partial charge in [0, 0.05) is 51.5 Å². The number of piperidine rings is 1. The van der Waals surface area contributed by atoms with E-state index in [4.69, 9.17) is 4.74 Å². The maximum Gasteiger partial charge on any atom is 0.282 e. The number of hydrogen-bond donors (Lipinski definition) is 1. The van der Waals surface area contributed by atoms with Gasteiger partial charge >= 0.3 is 0 Å². The summed E-state index contributed by atoms with van der Waals surface area (Å²) in [5, 5.41) is 3.03. The molecule has 1 aromatic carbocycles. The molecule has 2 aliphatic heterocycles. The molecule has 2 fully saturated rings. The molecule has 0 aromatic heterocycles. The van der Waals surface area contributed by atoms with Gasteiger partial charge in [-0.2, -0.15) is 17.0 Å². The molecular weight excluding hydrogens is 416 g/mol. The van der Waals surface area contributed by atoms with Crippen LogP contribution in [0.3, 0.4) is 0 Å². The summed E-state index contributed by atoms with van der Waals surface area (Å²) in [6.07, 6.45) is 2.28. The van der Waals surface area contributed by atoms with E-state index in [1.54, 1.807) is 0 Å².